The molecule has 0 aliphatic rings. The zero-order valence-corrected chi connectivity index (χ0v) is 23.8. The molecule has 0 aliphatic carbocycles. The summed E-state index contributed by atoms with van der Waals surface area (Å²) in [6.45, 7) is 7.21. The van der Waals surface area contributed by atoms with Crippen molar-refractivity contribution in [2.45, 2.75) is 83.0 Å². The summed E-state index contributed by atoms with van der Waals surface area (Å²) >= 11 is -5.95. The molecule has 0 spiro atoms. The van der Waals surface area contributed by atoms with Crippen LogP contribution in [0.2, 0.25) is 42.9 Å². The van der Waals surface area contributed by atoms with Gasteiger partial charge in [0.25, 0.3) is 0 Å². The van der Waals surface area contributed by atoms with E-state index in [9.17, 15) is 0 Å². The first kappa shape index (κ1) is 21.4. The first-order valence-electron chi connectivity index (χ1n) is 8.35. The number of rotatable bonds is 9. The van der Waals surface area contributed by atoms with Crippen molar-refractivity contribution in [3.8, 4) is 0 Å². The monoisotopic (exact) mass is 593 g/mol. The van der Waals surface area contributed by atoms with E-state index in [1.165, 1.54) is 19.3 Å². The molecule has 0 aromatic rings. The quantitative estimate of drug-likeness (QED) is 0.293. The van der Waals surface area contributed by atoms with Gasteiger partial charge < -0.3 is 0 Å². The Balaban J connectivity index is 5.49. The molecule has 0 unspecified atom stereocenters. The van der Waals surface area contributed by atoms with Gasteiger partial charge in [0.2, 0.25) is 0 Å². The van der Waals surface area contributed by atoms with Crippen molar-refractivity contribution in [2.24, 2.45) is 0 Å². The molecule has 0 aliphatic heterocycles. The Labute approximate surface area is 137 Å². The molecular weight excluding hydrogens is 550 g/mol. The van der Waals surface area contributed by atoms with Gasteiger partial charge in [-0.3, -0.25) is 0 Å². The SMILES string of the molecule is CC[CH2][Sn]([CH3])([CH3])[N]([Sn]([CH3])([CH3])[CH2]CC)[Sn]([CH3])([CH3])[CH2]CC. The van der Waals surface area contributed by atoms with Crippen molar-refractivity contribution in [2.75, 3.05) is 0 Å². The van der Waals surface area contributed by atoms with E-state index in [-0.39, 0.29) is 0 Å². The molecule has 0 N–H and O–H groups in total. The maximum absolute atomic E-state index is 3.45. The predicted octanol–water partition coefficient (Wildman–Crippen LogP) is 6.13. The standard InChI is InChI=1S/3C3H7.6CH3.N.3Sn/c3*1-3-2;;;;;;;;;;/h3*1,3H2,2H3;6*1H3;;;;. The van der Waals surface area contributed by atoms with Crippen molar-refractivity contribution in [3.63, 3.8) is 0 Å². The topological polar surface area (TPSA) is 3.24 Å². The van der Waals surface area contributed by atoms with Gasteiger partial charge in [0.1, 0.15) is 0 Å². The molecule has 0 radical (unpaired) electrons. The number of nitrogens with zero attached hydrogens (tertiary/aromatic N) is 1. The molecule has 0 amide bonds. The van der Waals surface area contributed by atoms with Gasteiger partial charge in [-0.25, -0.2) is 0 Å². The van der Waals surface area contributed by atoms with Gasteiger partial charge >= 0.3 is 138 Å². The summed E-state index contributed by atoms with van der Waals surface area (Å²) in [6, 6.07) is 0. The summed E-state index contributed by atoms with van der Waals surface area (Å²) in [4.78, 5) is 16.5. The average molecular weight is 590 g/mol. The van der Waals surface area contributed by atoms with Gasteiger partial charge in [-0.05, 0) is 0 Å². The van der Waals surface area contributed by atoms with Crippen LogP contribution < -0.4 is 0 Å². The van der Waals surface area contributed by atoms with Crippen LogP contribution in [0.4, 0.5) is 0 Å². The van der Waals surface area contributed by atoms with Crippen molar-refractivity contribution in [1.82, 2.24) is -0.435 Å². The first-order valence-corrected chi connectivity index (χ1v) is 35.4. The van der Waals surface area contributed by atoms with E-state index in [0.29, 0.717) is 0 Å². The normalized spacial score (nSPS) is 14.2. The van der Waals surface area contributed by atoms with E-state index in [0.717, 1.165) is 0 Å². The van der Waals surface area contributed by atoms with Crippen LogP contribution >= 0.6 is 0 Å². The zero-order chi connectivity index (χ0) is 15.3. The van der Waals surface area contributed by atoms with Crippen molar-refractivity contribution in [3.05, 3.63) is 0 Å². The molecule has 0 saturated heterocycles. The van der Waals surface area contributed by atoms with Crippen LogP contribution in [0, 0.1) is 0 Å². The summed E-state index contributed by atoms with van der Waals surface area (Å²) in [5.74, 6) is 0. The fourth-order valence-corrected chi connectivity index (χ4v) is 138. The summed E-state index contributed by atoms with van der Waals surface area (Å²) in [7, 11) is 0. The molecule has 116 valence electrons. The third-order valence-corrected chi connectivity index (χ3v) is 99.1. The maximum atomic E-state index is 3.45. The Morgan fingerprint density at radius 1 is 0.526 bits per heavy atom. The molecule has 0 rings (SSSR count). The fraction of sp³-hybridized carbons (Fsp3) is 1.00. The predicted molar refractivity (Wildman–Crippen MR) is 99.6 cm³/mol. The van der Waals surface area contributed by atoms with Crippen LogP contribution in [-0.2, 0) is 0 Å². The summed E-state index contributed by atoms with van der Waals surface area (Å²) in [6.07, 6.45) is 4.26. The Morgan fingerprint density at radius 3 is 0.895 bits per heavy atom. The Morgan fingerprint density at radius 2 is 0.737 bits per heavy atom. The van der Waals surface area contributed by atoms with Gasteiger partial charge in [-0.15, -0.1) is 0 Å². The molecule has 4 heteroatoms. The summed E-state index contributed by atoms with van der Waals surface area (Å²) in [5, 5.41) is 0. The first-order chi connectivity index (χ1) is 8.55. The third kappa shape index (κ3) is 6.55. The summed E-state index contributed by atoms with van der Waals surface area (Å²) < 4.78 is 8.21. The fourth-order valence-electron chi connectivity index (χ4n) is 4.63. The van der Waals surface area contributed by atoms with Gasteiger partial charge in [0, 0.05) is 0 Å². The average Bonchev–Trinajstić information content (AvgIpc) is 2.14. The van der Waals surface area contributed by atoms with E-state index in [4.69, 9.17) is 0 Å². The second kappa shape index (κ2) is 8.85. The van der Waals surface area contributed by atoms with E-state index in [2.05, 4.69) is 50.0 Å². The molecule has 0 atom stereocenters. The zero-order valence-electron chi connectivity index (χ0n) is 15.2. The van der Waals surface area contributed by atoms with Gasteiger partial charge in [0.05, 0.1) is 0 Å². The molecule has 0 aromatic heterocycles. The van der Waals surface area contributed by atoms with E-state index >= 15 is 0 Å². The second-order valence-corrected chi connectivity index (χ2v) is 58.1. The molecular formula is C15H39NSn3. The Kier molecular flexibility index (Phi) is 9.95. The van der Waals surface area contributed by atoms with Crippen LogP contribution in [0.5, 0.6) is 0 Å². The minimum absolute atomic E-state index is 1.42. The molecule has 19 heavy (non-hydrogen) atoms. The molecule has 0 saturated carbocycles. The van der Waals surface area contributed by atoms with Gasteiger partial charge in [-0.1, -0.05) is 0 Å². The third-order valence-electron chi connectivity index (χ3n) is 4.40. The molecule has 0 heterocycles. The number of hydrogen-bond acceptors (Lipinski definition) is 1. The summed E-state index contributed by atoms with van der Waals surface area (Å²) in [5.41, 5.74) is 0. The molecule has 0 bridgehead atoms. The van der Waals surface area contributed by atoms with Gasteiger partial charge in [-0.2, -0.15) is 0 Å². The van der Waals surface area contributed by atoms with Crippen LogP contribution in [0.25, 0.3) is 0 Å². The van der Waals surface area contributed by atoms with Crippen molar-refractivity contribution in [1.29, 1.82) is 0 Å². The molecule has 0 fully saturated rings. The van der Waals surface area contributed by atoms with Gasteiger partial charge in [0.15, 0.2) is 0 Å². The van der Waals surface area contributed by atoms with Crippen LogP contribution in [-0.4, -0.2) is 55.5 Å². The molecule has 0 aromatic carbocycles. The van der Waals surface area contributed by atoms with E-state index in [1.807, 2.05) is 0 Å². The Hall–Kier alpha value is 2.36. The second-order valence-electron chi connectivity index (χ2n) is 8.02. The molecule has 1 nitrogen and oxygen atoms in total. The van der Waals surface area contributed by atoms with E-state index in [1.54, 1.807) is 13.3 Å². The van der Waals surface area contributed by atoms with Crippen LogP contribution in [0.1, 0.15) is 40.0 Å². The van der Waals surface area contributed by atoms with Crippen LogP contribution in [0.15, 0.2) is 0 Å². The van der Waals surface area contributed by atoms with Crippen LogP contribution in [0.3, 0.4) is 0 Å². The van der Waals surface area contributed by atoms with E-state index < -0.39 is 56.0 Å². The Bertz CT molecular complexity index is 219. The number of hydrogen-bond donors (Lipinski definition) is 0. The minimum atomic E-state index is -1.98. The van der Waals surface area contributed by atoms with Crippen molar-refractivity contribution < 1.29 is 0 Å². The van der Waals surface area contributed by atoms with Crippen molar-refractivity contribution >= 4 is 56.0 Å².